The van der Waals surface area contributed by atoms with Crippen LogP contribution in [0.1, 0.15) is 59.4 Å². The molecule has 2 aromatic rings. The Balaban J connectivity index is 1.31. The molecule has 0 spiro atoms. The number of carboxylic acid groups (broad SMARTS) is 1. The third kappa shape index (κ3) is 12.3. The molecule has 6 rings (SSSR count). The maximum atomic E-state index is 14.0. The molecule has 24 nitrogen and oxygen atoms in total. The first-order valence-corrected chi connectivity index (χ1v) is 22.1. The Kier molecular flexibility index (Phi) is 18.1. The molecule has 4 aliphatic rings. The van der Waals surface area contributed by atoms with Crippen molar-refractivity contribution in [3.05, 3.63) is 36.3 Å². The van der Waals surface area contributed by atoms with Gasteiger partial charge in [-0.05, 0) is 44.2 Å². The SMILES string of the molecule is CCC[C@H](OC1C(NC(C)=O)[C@H](O[C@@H]2CC(CO[C@H]3OC(CO)[C@@H](O)C(n4cc(-c5cccc(F)c5)nn4)C3O)CC(NC(C)=O)C2O[C@@H]2OC(C)[C@@H](O)C(O)C2O)OC(CO)[C@@H]1O)C(=O)O. The number of rotatable bonds is 18. The smallest absolute Gasteiger partial charge is 0.332 e. The van der Waals surface area contributed by atoms with E-state index >= 15 is 0 Å². The van der Waals surface area contributed by atoms with Crippen molar-refractivity contribution < 1.29 is 97.9 Å². The summed E-state index contributed by atoms with van der Waals surface area (Å²) in [6, 6.07) is 1.75. The molecular formula is C42H62FN5O19. The molecular weight excluding hydrogens is 897 g/mol. The molecule has 25 heteroatoms. The van der Waals surface area contributed by atoms with Crippen LogP contribution in [-0.2, 0) is 47.5 Å². The highest BCUT2D eigenvalue weighted by atomic mass is 19.1. The van der Waals surface area contributed by atoms with E-state index in [1.807, 2.05) is 0 Å². The number of ether oxygens (including phenoxy) is 7. The number of aliphatic carboxylic acids is 1. The lowest BCUT2D eigenvalue weighted by atomic mass is 9.81. The first kappa shape index (κ1) is 52.5. The van der Waals surface area contributed by atoms with E-state index in [4.69, 9.17) is 33.2 Å². The summed E-state index contributed by atoms with van der Waals surface area (Å²) in [6.45, 7) is 3.71. The zero-order valence-corrected chi connectivity index (χ0v) is 37.2. The number of carboxylic acids is 1. The molecule has 11 N–H and O–H groups in total. The van der Waals surface area contributed by atoms with Gasteiger partial charge in [0.15, 0.2) is 25.0 Å². The van der Waals surface area contributed by atoms with E-state index in [1.165, 1.54) is 38.2 Å². The number of amides is 2. The van der Waals surface area contributed by atoms with Gasteiger partial charge in [-0.2, -0.15) is 0 Å². The quantitative estimate of drug-likeness (QED) is 0.0701. The Morgan fingerprint density at radius 2 is 1.54 bits per heavy atom. The molecule has 3 saturated heterocycles. The van der Waals surface area contributed by atoms with Crippen LogP contribution in [0.15, 0.2) is 30.5 Å². The van der Waals surface area contributed by atoms with Gasteiger partial charge in [0.25, 0.3) is 0 Å². The van der Waals surface area contributed by atoms with Gasteiger partial charge < -0.3 is 89.8 Å². The van der Waals surface area contributed by atoms with Gasteiger partial charge in [0.1, 0.15) is 84.6 Å². The second kappa shape index (κ2) is 23.1. The molecule has 4 heterocycles. The van der Waals surface area contributed by atoms with Crippen molar-refractivity contribution in [3.8, 4) is 11.3 Å². The van der Waals surface area contributed by atoms with Gasteiger partial charge in [0.2, 0.25) is 11.8 Å². The van der Waals surface area contributed by atoms with E-state index in [2.05, 4.69) is 20.9 Å². The van der Waals surface area contributed by atoms with Gasteiger partial charge in [0, 0.05) is 19.4 Å². The van der Waals surface area contributed by atoms with Gasteiger partial charge >= 0.3 is 5.97 Å². The number of carbonyl (C=O) groups is 3. The van der Waals surface area contributed by atoms with Crippen molar-refractivity contribution in [3.63, 3.8) is 0 Å². The summed E-state index contributed by atoms with van der Waals surface area (Å²) in [6.07, 6.45) is -22.4. The lowest BCUT2D eigenvalue weighted by Gasteiger charge is -2.49. The molecule has 0 radical (unpaired) electrons. The largest absolute Gasteiger partial charge is 0.479 e. The number of halogens is 1. The molecule has 4 fully saturated rings. The number of aliphatic hydroxyl groups is 8. The highest BCUT2D eigenvalue weighted by Gasteiger charge is 2.53. The molecule has 1 aromatic heterocycles. The number of carbonyl (C=O) groups excluding carboxylic acids is 2. The second-order valence-electron chi connectivity index (χ2n) is 17.4. The second-order valence-corrected chi connectivity index (χ2v) is 17.4. The average molecular weight is 960 g/mol. The van der Waals surface area contributed by atoms with Gasteiger partial charge in [-0.25, -0.2) is 13.9 Å². The highest BCUT2D eigenvalue weighted by Crippen LogP contribution is 2.38. The Bertz CT molecular complexity index is 1950. The standard InChI is InChI=1S/C42H62FN5O19/c1-5-7-25(39(59)60)63-38-29(45-19(4)52)40(65-28(15-50)33(38)55)64-26-11-20(10-23(44-18(3)51)37(26)67-42-36(58)35(57)31(53)17(2)62-42)16-61-41-34(56)30(32(54)27(14-49)66-41)48-13-24(46-47-48)21-8-6-9-22(43)12-21/h6,8-9,12-13,17,20,23,25-38,40-42,49-50,53-58H,5,7,10-11,14-16H2,1-4H3,(H,44,51)(H,45,52)(H,59,60)/t17?,20?,23?,25-,26+,27?,28?,29?,30?,31+,32+,33-,34?,35?,36?,37?,38?,40+,41-,42-/m0/s1. The first-order valence-electron chi connectivity index (χ1n) is 22.1. The minimum Gasteiger partial charge on any atom is -0.479 e. The van der Waals surface area contributed by atoms with E-state index in [1.54, 1.807) is 13.0 Å². The third-order valence-corrected chi connectivity index (χ3v) is 12.4. The normalized spacial score (nSPS) is 38.5. The van der Waals surface area contributed by atoms with Crippen LogP contribution in [0, 0.1) is 11.7 Å². The fourth-order valence-corrected chi connectivity index (χ4v) is 9.01. The van der Waals surface area contributed by atoms with Crippen molar-refractivity contribution in [2.75, 3.05) is 19.8 Å². The van der Waals surface area contributed by atoms with E-state index in [0.29, 0.717) is 12.0 Å². The number of aromatic nitrogens is 3. The first-order chi connectivity index (χ1) is 31.8. The van der Waals surface area contributed by atoms with Gasteiger partial charge in [-0.1, -0.05) is 30.7 Å². The number of aliphatic hydroxyl groups excluding tert-OH is 8. The Hall–Kier alpha value is -3.90. The lowest BCUT2D eigenvalue weighted by molar-refractivity contribution is -0.337. The maximum Gasteiger partial charge on any atom is 0.332 e. The van der Waals surface area contributed by atoms with E-state index < -0.39 is 159 Å². The molecule has 0 bridgehead atoms. The predicted molar refractivity (Wildman–Crippen MR) is 221 cm³/mol. The fourth-order valence-electron chi connectivity index (χ4n) is 9.01. The van der Waals surface area contributed by atoms with Crippen molar-refractivity contribution in [1.82, 2.24) is 25.6 Å². The van der Waals surface area contributed by atoms with Crippen LogP contribution in [0.5, 0.6) is 0 Å². The summed E-state index contributed by atoms with van der Waals surface area (Å²) in [7, 11) is 0. The van der Waals surface area contributed by atoms with Crippen molar-refractivity contribution in [2.24, 2.45) is 5.92 Å². The molecule has 1 aliphatic carbocycles. The summed E-state index contributed by atoms with van der Waals surface area (Å²) in [5, 5.41) is 110. The molecule has 12 unspecified atom stereocenters. The fraction of sp³-hybridized carbons (Fsp3) is 0.738. The molecule has 1 saturated carbocycles. The Morgan fingerprint density at radius 1 is 0.851 bits per heavy atom. The summed E-state index contributed by atoms with van der Waals surface area (Å²) >= 11 is 0. The van der Waals surface area contributed by atoms with Crippen LogP contribution in [0.2, 0.25) is 0 Å². The summed E-state index contributed by atoms with van der Waals surface area (Å²) in [5.74, 6) is -3.78. The van der Waals surface area contributed by atoms with Gasteiger partial charge in [0.05, 0.1) is 44.3 Å². The van der Waals surface area contributed by atoms with Crippen LogP contribution >= 0.6 is 0 Å². The number of hydrogen-bond donors (Lipinski definition) is 11. The minimum atomic E-state index is -1.82. The summed E-state index contributed by atoms with van der Waals surface area (Å²) < 4.78 is 57.8. The number of hydrogen-bond acceptors (Lipinski definition) is 20. The molecule has 2 amide bonds. The average Bonchev–Trinajstić information content (AvgIpc) is 3.76. The number of nitrogens with one attached hydrogen (secondary N) is 2. The van der Waals surface area contributed by atoms with Crippen molar-refractivity contribution in [1.29, 1.82) is 0 Å². The monoisotopic (exact) mass is 959 g/mol. The molecule has 1 aromatic carbocycles. The number of benzene rings is 1. The van der Waals surface area contributed by atoms with Crippen LogP contribution in [-0.4, -0.2) is 209 Å². The molecule has 20 atom stereocenters. The Labute approximate surface area is 383 Å². The Morgan fingerprint density at radius 3 is 2.18 bits per heavy atom. The zero-order chi connectivity index (χ0) is 48.9. The maximum absolute atomic E-state index is 14.0. The topological polar surface area (TPSA) is 353 Å². The molecule has 3 aliphatic heterocycles. The lowest BCUT2D eigenvalue weighted by Crippen LogP contribution is -2.68. The molecule has 67 heavy (non-hydrogen) atoms. The van der Waals surface area contributed by atoms with Crippen LogP contribution in [0.4, 0.5) is 4.39 Å². The summed E-state index contributed by atoms with van der Waals surface area (Å²) in [4.78, 5) is 37.8. The highest BCUT2D eigenvalue weighted by molar-refractivity contribution is 5.74. The van der Waals surface area contributed by atoms with Crippen LogP contribution < -0.4 is 10.6 Å². The van der Waals surface area contributed by atoms with E-state index in [0.717, 1.165) is 11.6 Å². The van der Waals surface area contributed by atoms with Gasteiger partial charge in [-0.15, -0.1) is 5.10 Å². The third-order valence-electron chi connectivity index (χ3n) is 12.4. The zero-order valence-electron chi connectivity index (χ0n) is 37.2. The minimum absolute atomic E-state index is 0.00969. The van der Waals surface area contributed by atoms with Crippen LogP contribution in [0.25, 0.3) is 11.3 Å². The van der Waals surface area contributed by atoms with E-state index in [-0.39, 0.29) is 31.6 Å². The van der Waals surface area contributed by atoms with Crippen molar-refractivity contribution >= 4 is 17.8 Å². The van der Waals surface area contributed by atoms with Crippen molar-refractivity contribution in [2.45, 2.75) is 170 Å². The number of nitrogens with zero attached hydrogens (tertiary/aromatic N) is 3. The van der Waals surface area contributed by atoms with Crippen LogP contribution in [0.3, 0.4) is 0 Å². The van der Waals surface area contributed by atoms with E-state index in [9.17, 15) is 64.7 Å². The predicted octanol–water partition coefficient (Wildman–Crippen LogP) is -3.19. The molecule has 376 valence electrons. The summed E-state index contributed by atoms with van der Waals surface area (Å²) in [5.41, 5.74) is 0.576. The van der Waals surface area contributed by atoms with Gasteiger partial charge in [-0.3, -0.25) is 9.59 Å².